The summed E-state index contributed by atoms with van der Waals surface area (Å²) in [6, 6.07) is 0. The first-order chi connectivity index (χ1) is 18.4. The van der Waals surface area contributed by atoms with Crippen molar-refractivity contribution in [3.05, 3.63) is 0 Å². The van der Waals surface area contributed by atoms with E-state index in [4.69, 9.17) is 14.2 Å². The number of rotatable bonds is 23. The van der Waals surface area contributed by atoms with Gasteiger partial charge in [-0.2, -0.15) is 0 Å². The number of carbonyl (C=O) groups is 2. The van der Waals surface area contributed by atoms with E-state index in [1.54, 1.807) is 0 Å². The first kappa shape index (κ1) is 34.5. The van der Waals surface area contributed by atoms with E-state index in [1.165, 1.54) is 6.92 Å². The second-order valence-electron chi connectivity index (χ2n) is 10.4. The van der Waals surface area contributed by atoms with E-state index >= 15 is 0 Å². The maximum Gasteiger partial charge on any atom is 0.309 e. The van der Waals surface area contributed by atoms with Crippen LogP contribution in [0.3, 0.4) is 0 Å². The second kappa shape index (κ2) is 22.3. The van der Waals surface area contributed by atoms with Gasteiger partial charge in [0.25, 0.3) is 0 Å². The van der Waals surface area contributed by atoms with Gasteiger partial charge in [-0.05, 0) is 45.4 Å². The number of hydrogen-bond acceptors (Lipinski definition) is 8. The van der Waals surface area contributed by atoms with Crippen molar-refractivity contribution in [3.63, 3.8) is 0 Å². The van der Waals surface area contributed by atoms with E-state index < -0.39 is 12.3 Å². The van der Waals surface area contributed by atoms with Crippen LogP contribution >= 0.6 is 0 Å². The minimum atomic E-state index is -0.805. The third-order valence-corrected chi connectivity index (χ3v) is 6.73. The summed E-state index contributed by atoms with van der Waals surface area (Å²) in [5.41, 5.74) is 0. The number of Topliss-reactive ketones (excluding diaryl/α,β-unsaturated/α-hetero) is 1. The molecule has 0 aromatic heterocycles. The highest BCUT2D eigenvalue weighted by atomic mass is 16.6. The molecule has 1 aliphatic heterocycles. The van der Waals surface area contributed by atoms with Crippen LogP contribution in [0.25, 0.3) is 0 Å². The molecule has 1 heterocycles. The molecule has 220 valence electrons. The van der Waals surface area contributed by atoms with Crippen molar-refractivity contribution < 1.29 is 34.0 Å². The normalized spacial score (nSPS) is 18.7. The van der Waals surface area contributed by atoms with Crippen LogP contribution in [-0.2, 0) is 23.8 Å². The molecular weight excluding hydrogens is 486 g/mol. The zero-order chi connectivity index (χ0) is 28.0. The summed E-state index contributed by atoms with van der Waals surface area (Å²) in [6.45, 7) is 8.70. The van der Waals surface area contributed by atoms with E-state index in [0.29, 0.717) is 26.1 Å². The van der Waals surface area contributed by atoms with Crippen LogP contribution in [0.15, 0.2) is 0 Å². The van der Waals surface area contributed by atoms with Gasteiger partial charge in [0, 0.05) is 25.9 Å². The summed E-state index contributed by atoms with van der Waals surface area (Å²) < 4.78 is 16.4. The first-order valence-corrected chi connectivity index (χ1v) is 14.8. The van der Waals surface area contributed by atoms with Crippen LogP contribution < -0.4 is 0 Å². The van der Waals surface area contributed by atoms with Crippen molar-refractivity contribution >= 4 is 11.8 Å². The van der Waals surface area contributed by atoms with Gasteiger partial charge in [0.2, 0.25) is 0 Å². The Morgan fingerprint density at radius 2 is 1.63 bits per heavy atom. The third kappa shape index (κ3) is 17.2. The lowest BCUT2D eigenvalue weighted by molar-refractivity contribution is -0.145. The van der Waals surface area contributed by atoms with Gasteiger partial charge in [0.15, 0.2) is 0 Å². The second-order valence-corrected chi connectivity index (χ2v) is 10.4. The predicted molar refractivity (Wildman–Crippen MR) is 148 cm³/mol. The van der Waals surface area contributed by atoms with Gasteiger partial charge in [-0.15, -0.1) is 5.92 Å². The lowest BCUT2D eigenvalue weighted by atomic mass is 9.97. The zero-order valence-corrected chi connectivity index (χ0v) is 24.1. The molecule has 2 N–H and O–H groups in total. The highest BCUT2D eigenvalue weighted by Crippen LogP contribution is 2.27. The highest BCUT2D eigenvalue weighted by molar-refractivity contribution is 5.83. The Bertz CT molecular complexity index is 682. The summed E-state index contributed by atoms with van der Waals surface area (Å²) in [5.74, 6) is 5.43. The maximum atomic E-state index is 11.8. The lowest BCUT2D eigenvalue weighted by Crippen LogP contribution is -2.40. The number of nitrogens with zero attached hydrogens (tertiary/aromatic N) is 1. The molecule has 8 nitrogen and oxygen atoms in total. The molecule has 0 radical (unpaired) electrons. The number of cyclic esters (lactones) is 1. The average Bonchev–Trinajstić information content (AvgIpc) is 3.22. The van der Waals surface area contributed by atoms with E-state index in [2.05, 4.69) is 30.6 Å². The summed E-state index contributed by atoms with van der Waals surface area (Å²) >= 11 is 0. The lowest BCUT2D eigenvalue weighted by Gasteiger charge is -2.27. The molecule has 0 aromatic carbocycles. The number of carbonyl (C=O) groups excluding carboxylic acids is 2. The molecule has 1 fully saturated rings. The van der Waals surface area contributed by atoms with Crippen LogP contribution in [0.1, 0.15) is 104 Å². The molecule has 8 heteroatoms. The van der Waals surface area contributed by atoms with E-state index in [-0.39, 0.29) is 37.0 Å². The molecule has 0 spiro atoms. The number of esters is 1. The predicted octanol–water partition coefficient (Wildman–Crippen LogP) is 4.25. The van der Waals surface area contributed by atoms with Gasteiger partial charge in [-0.1, -0.05) is 51.9 Å². The molecule has 0 bridgehead atoms. The molecular formula is C30H53NO7. The Kier molecular flexibility index (Phi) is 20.3. The molecule has 0 amide bonds. The van der Waals surface area contributed by atoms with Crippen LogP contribution in [-0.4, -0.2) is 84.8 Å². The third-order valence-electron chi connectivity index (χ3n) is 6.73. The fourth-order valence-electron chi connectivity index (χ4n) is 4.50. The quantitative estimate of drug-likeness (QED) is 0.0860. The summed E-state index contributed by atoms with van der Waals surface area (Å²) in [7, 11) is 0. The van der Waals surface area contributed by atoms with Crippen molar-refractivity contribution in [1.82, 2.24) is 4.90 Å². The summed E-state index contributed by atoms with van der Waals surface area (Å²) in [5, 5.41) is 20.3. The summed E-state index contributed by atoms with van der Waals surface area (Å²) in [6.07, 6.45) is 10.8. The van der Waals surface area contributed by atoms with Gasteiger partial charge in [-0.3, -0.25) is 9.69 Å². The monoisotopic (exact) mass is 539 g/mol. The van der Waals surface area contributed by atoms with Gasteiger partial charge >= 0.3 is 5.97 Å². The number of ether oxygens (including phenoxy) is 3. The molecule has 0 aromatic rings. The van der Waals surface area contributed by atoms with Crippen molar-refractivity contribution in [1.29, 1.82) is 0 Å². The molecule has 38 heavy (non-hydrogen) atoms. The maximum absolute atomic E-state index is 11.8. The first-order valence-electron chi connectivity index (χ1n) is 14.8. The number of unbranched alkanes of at least 4 members (excludes halogenated alkanes) is 7. The van der Waals surface area contributed by atoms with Crippen molar-refractivity contribution in [2.45, 2.75) is 123 Å². The van der Waals surface area contributed by atoms with Gasteiger partial charge < -0.3 is 29.2 Å². The van der Waals surface area contributed by atoms with Gasteiger partial charge in [0.05, 0.1) is 32.3 Å². The van der Waals surface area contributed by atoms with Crippen molar-refractivity contribution in [3.8, 4) is 11.8 Å². The Hall–Kier alpha value is -1.50. The highest BCUT2D eigenvalue weighted by Gasteiger charge is 2.34. The van der Waals surface area contributed by atoms with E-state index in [1.807, 2.05) is 0 Å². The number of aliphatic hydroxyl groups is 2. The molecule has 1 aliphatic rings. The SMILES string of the molecule is CCCCN(CCCC)[C@@H](O)COCCOC[C@@H](O)C#CCCCCCCC[C@@H]1CC(CC(C)=O)C(=O)O1. The molecule has 1 rings (SSSR count). The Labute approximate surface area is 230 Å². The van der Waals surface area contributed by atoms with Crippen molar-refractivity contribution in [2.24, 2.45) is 5.92 Å². The zero-order valence-electron chi connectivity index (χ0n) is 24.1. The standard InChI is InChI=1S/C30H53NO7/c1-4-6-17-31(18-7-5-2)29(34)24-37-20-19-36-23-27(33)15-13-11-9-8-10-12-14-16-28-22-26(21-25(3)32)30(35)38-28/h26-29,33-34H,4-12,14,16-24H2,1-3H3/t26?,27-,28+,29-/m0/s1. The fraction of sp³-hybridized carbons (Fsp3) is 0.867. The van der Waals surface area contributed by atoms with Crippen molar-refractivity contribution in [2.75, 3.05) is 39.5 Å². The number of ketones is 1. The largest absolute Gasteiger partial charge is 0.462 e. The minimum Gasteiger partial charge on any atom is -0.462 e. The van der Waals surface area contributed by atoms with Crippen LogP contribution in [0.4, 0.5) is 0 Å². The van der Waals surface area contributed by atoms with Crippen LogP contribution in [0, 0.1) is 17.8 Å². The number of aliphatic hydroxyl groups excluding tert-OH is 2. The fourth-order valence-corrected chi connectivity index (χ4v) is 4.50. The smallest absolute Gasteiger partial charge is 0.309 e. The van der Waals surface area contributed by atoms with Crippen LogP contribution in [0.5, 0.6) is 0 Å². The van der Waals surface area contributed by atoms with Gasteiger partial charge in [0.1, 0.15) is 24.2 Å². The minimum absolute atomic E-state index is 0.0314. The summed E-state index contributed by atoms with van der Waals surface area (Å²) in [4.78, 5) is 25.1. The Morgan fingerprint density at radius 3 is 2.29 bits per heavy atom. The molecule has 1 unspecified atom stereocenters. The van der Waals surface area contributed by atoms with E-state index in [0.717, 1.165) is 83.7 Å². The molecule has 1 saturated heterocycles. The molecule has 0 saturated carbocycles. The number of hydrogen-bond donors (Lipinski definition) is 2. The molecule has 0 aliphatic carbocycles. The molecule has 4 atom stereocenters. The Morgan fingerprint density at radius 1 is 1.00 bits per heavy atom. The van der Waals surface area contributed by atoms with E-state index in [9.17, 15) is 19.8 Å². The van der Waals surface area contributed by atoms with Gasteiger partial charge in [-0.25, -0.2) is 0 Å². The topological polar surface area (TPSA) is 106 Å². The Balaban J connectivity index is 1.99. The van der Waals surface area contributed by atoms with Crippen LogP contribution in [0.2, 0.25) is 0 Å². The average molecular weight is 540 g/mol.